The van der Waals surface area contributed by atoms with Gasteiger partial charge in [-0.3, -0.25) is 14.5 Å². The Morgan fingerprint density at radius 2 is 1.96 bits per heavy atom. The van der Waals surface area contributed by atoms with Crippen LogP contribution in [0.25, 0.3) is 0 Å². The number of hydrogen-bond donors (Lipinski definition) is 1. The summed E-state index contributed by atoms with van der Waals surface area (Å²) in [5.41, 5.74) is 0.286. The lowest BCUT2D eigenvalue weighted by molar-refractivity contribution is -0.125. The van der Waals surface area contributed by atoms with Gasteiger partial charge in [0, 0.05) is 19.1 Å². The van der Waals surface area contributed by atoms with Crippen LogP contribution in [0.1, 0.15) is 27.7 Å². The van der Waals surface area contributed by atoms with E-state index < -0.39 is 15.9 Å². The number of carbonyl (C=O) groups is 2. The Morgan fingerprint density at radius 1 is 1.31 bits per heavy atom. The molecule has 2 amide bonds. The fraction of sp³-hybridized carbons (Fsp3) is 0.529. The largest absolute Gasteiger partial charge is 0.482 e. The van der Waals surface area contributed by atoms with E-state index in [2.05, 4.69) is 5.32 Å². The fourth-order valence-electron chi connectivity index (χ4n) is 2.74. The number of nitrogens with zero attached hydrogens (tertiary/aromatic N) is 2. The Kier molecular flexibility index (Phi) is 6.25. The van der Waals surface area contributed by atoms with Gasteiger partial charge >= 0.3 is 0 Å². The van der Waals surface area contributed by atoms with Crippen LogP contribution in [0.4, 0.5) is 5.69 Å². The second-order valence-electron chi connectivity index (χ2n) is 6.21. The molecule has 0 bridgehead atoms. The number of benzene rings is 1. The fourth-order valence-corrected chi connectivity index (χ4v) is 4.22. The number of ether oxygens (including phenoxy) is 1. The van der Waals surface area contributed by atoms with Crippen molar-refractivity contribution in [2.75, 3.05) is 31.1 Å². The van der Waals surface area contributed by atoms with Crippen LogP contribution in [0, 0.1) is 0 Å². The standard InChI is InChI=1S/C17H25N3O5S/c1-5-19(6-2)26(23,24)13-7-8-15-14(9-13)20(17(22)11-25-15)10-16(21)18-12(3)4/h7-9,12H,5-6,10-11H2,1-4H3,(H,18,21). The summed E-state index contributed by atoms with van der Waals surface area (Å²) in [4.78, 5) is 25.7. The molecule has 26 heavy (non-hydrogen) atoms. The number of rotatable bonds is 7. The number of sulfonamides is 1. The topological polar surface area (TPSA) is 96.0 Å². The maximum absolute atomic E-state index is 12.7. The minimum absolute atomic E-state index is 0.0625. The number of anilines is 1. The normalized spacial score (nSPS) is 14.4. The van der Waals surface area contributed by atoms with Gasteiger partial charge in [0.25, 0.3) is 5.91 Å². The first-order valence-electron chi connectivity index (χ1n) is 8.57. The molecular formula is C17H25N3O5S. The van der Waals surface area contributed by atoms with E-state index in [0.717, 1.165) is 0 Å². The van der Waals surface area contributed by atoms with Crippen LogP contribution in [0.3, 0.4) is 0 Å². The van der Waals surface area contributed by atoms with Crippen molar-refractivity contribution in [3.63, 3.8) is 0 Å². The number of hydrogen-bond acceptors (Lipinski definition) is 5. The summed E-state index contributed by atoms with van der Waals surface area (Å²) in [6.07, 6.45) is 0. The molecule has 1 aliphatic rings. The Balaban J connectivity index is 2.41. The van der Waals surface area contributed by atoms with Gasteiger partial charge in [-0.25, -0.2) is 8.42 Å². The van der Waals surface area contributed by atoms with E-state index in [9.17, 15) is 18.0 Å². The molecule has 144 valence electrons. The van der Waals surface area contributed by atoms with Crippen LogP contribution in [-0.4, -0.2) is 56.8 Å². The second kappa shape index (κ2) is 8.05. The molecule has 0 unspecified atom stereocenters. The Bertz CT molecular complexity index is 788. The molecule has 1 heterocycles. The van der Waals surface area contributed by atoms with Crippen molar-refractivity contribution in [3.05, 3.63) is 18.2 Å². The van der Waals surface area contributed by atoms with Gasteiger partial charge in [-0.2, -0.15) is 4.31 Å². The summed E-state index contributed by atoms with van der Waals surface area (Å²) in [5, 5.41) is 2.72. The van der Waals surface area contributed by atoms with Gasteiger partial charge < -0.3 is 10.1 Å². The Hall–Kier alpha value is -2.13. The van der Waals surface area contributed by atoms with Crippen molar-refractivity contribution in [2.24, 2.45) is 0 Å². The van der Waals surface area contributed by atoms with Crippen LogP contribution in [0.5, 0.6) is 5.75 Å². The van der Waals surface area contributed by atoms with Crippen LogP contribution in [0.2, 0.25) is 0 Å². The highest BCUT2D eigenvalue weighted by Gasteiger charge is 2.30. The molecule has 0 radical (unpaired) electrons. The third kappa shape index (κ3) is 4.16. The second-order valence-corrected chi connectivity index (χ2v) is 8.15. The summed E-state index contributed by atoms with van der Waals surface area (Å²) in [7, 11) is -3.68. The zero-order valence-electron chi connectivity index (χ0n) is 15.5. The van der Waals surface area contributed by atoms with E-state index in [-0.39, 0.29) is 35.7 Å². The minimum Gasteiger partial charge on any atom is -0.482 e. The molecule has 0 saturated heterocycles. The minimum atomic E-state index is -3.68. The third-order valence-corrected chi connectivity index (χ3v) is 6.01. The highest BCUT2D eigenvalue weighted by atomic mass is 32.2. The van der Waals surface area contributed by atoms with Gasteiger partial charge in [0.15, 0.2) is 6.61 Å². The predicted molar refractivity (Wildman–Crippen MR) is 97.7 cm³/mol. The van der Waals surface area contributed by atoms with Crippen molar-refractivity contribution >= 4 is 27.5 Å². The molecule has 0 fully saturated rings. The van der Waals surface area contributed by atoms with Crippen molar-refractivity contribution in [1.29, 1.82) is 0 Å². The zero-order valence-corrected chi connectivity index (χ0v) is 16.3. The van der Waals surface area contributed by atoms with Crippen LogP contribution in [-0.2, 0) is 19.6 Å². The van der Waals surface area contributed by atoms with E-state index in [1.54, 1.807) is 13.8 Å². The molecule has 2 rings (SSSR count). The number of amides is 2. The molecule has 0 saturated carbocycles. The molecule has 1 aliphatic heterocycles. The molecule has 0 aromatic heterocycles. The van der Waals surface area contributed by atoms with Gasteiger partial charge in [0.2, 0.25) is 15.9 Å². The predicted octanol–water partition coefficient (Wildman–Crippen LogP) is 0.967. The van der Waals surface area contributed by atoms with Crippen molar-refractivity contribution in [3.8, 4) is 5.75 Å². The molecule has 9 heteroatoms. The van der Waals surface area contributed by atoms with Crippen molar-refractivity contribution in [2.45, 2.75) is 38.6 Å². The molecule has 8 nitrogen and oxygen atoms in total. The van der Waals surface area contributed by atoms with E-state index >= 15 is 0 Å². The van der Waals surface area contributed by atoms with Crippen LogP contribution >= 0.6 is 0 Å². The number of nitrogens with one attached hydrogen (secondary N) is 1. The lowest BCUT2D eigenvalue weighted by Crippen LogP contribution is -2.46. The van der Waals surface area contributed by atoms with E-state index in [1.165, 1.54) is 27.4 Å². The maximum atomic E-state index is 12.7. The van der Waals surface area contributed by atoms with Gasteiger partial charge in [0.05, 0.1) is 10.6 Å². The molecule has 1 aromatic carbocycles. The Labute approximate surface area is 154 Å². The van der Waals surface area contributed by atoms with Gasteiger partial charge in [-0.15, -0.1) is 0 Å². The summed E-state index contributed by atoms with van der Waals surface area (Å²) in [6, 6.07) is 4.30. The molecule has 0 spiro atoms. The van der Waals surface area contributed by atoms with E-state index in [0.29, 0.717) is 18.8 Å². The lowest BCUT2D eigenvalue weighted by atomic mass is 10.2. The molecular weight excluding hydrogens is 358 g/mol. The number of fused-ring (bicyclic) bond motifs is 1. The third-order valence-electron chi connectivity index (χ3n) is 3.97. The first-order chi connectivity index (χ1) is 12.2. The first-order valence-corrected chi connectivity index (χ1v) is 10.0. The van der Waals surface area contributed by atoms with E-state index in [1.807, 2.05) is 13.8 Å². The molecule has 1 aromatic rings. The molecule has 0 atom stereocenters. The summed E-state index contributed by atoms with van der Waals surface area (Å²) in [5.74, 6) is -0.340. The smallest absolute Gasteiger partial charge is 0.265 e. The summed E-state index contributed by atoms with van der Waals surface area (Å²) in [6.45, 7) is 7.46. The number of carbonyl (C=O) groups excluding carboxylic acids is 2. The van der Waals surface area contributed by atoms with Gasteiger partial charge in [0.1, 0.15) is 12.3 Å². The van der Waals surface area contributed by atoms with Crippen molar-refractivity contribution in [1.82, 2.24) is 9.62 Å². The molecule has 1 N–H and O–H groups in total. The zero-order chi connectivity index (χ0) is 19.5. The summed E-state index contributed by atoms with van der Waals surface area (Å²) < 4.78 is 32.2. The average molecular weight is 383 g/mol. The quantitative estimate of drug-likeness (QED) is 0.757. The average Bonchev–Trinajstić information content (AvgIpc) is 2.57. The first kappa shape index (κ1) is 20.2. The van der Waals surface area contributed by atoms with Crippen LogP contribution in [0.15, 0.2) is 23.1 Å². The highest BCUT2D eigenvalue weighted by Crippen LogP contribution is 2.34. The summed E-state index contributed by atoms with van der Waals surface area (Å²) >= 11 is 0. The highest BCUT2D eigenvalue weighted by molar-refractivity contribution is 7.89. The Morgan fingerprint density at radius 3 is 2.54 bits per heavy atom. The van der Waals surface area contributed by atoms with Gasteiger partial charge in [-0.1, -0.05) is 13.8 Å². The van der Waals surface area contributed by atoms with Gasteiger partial charge in [-0.05, 0) is 32.0 Å². The monoisotopic (exact) mass is 383 g/mol. The van der Waals surface area contributed by atoms with E-state index in [4.69, 9.17) is 4.74 Å². The van der Waals surface area contributed by atoms with Crippen LogP contribution < -0.4 is 15.0 Å². The molecule has 0 aliphatic carbocycles. The maximum Gasteiger partial charge on any atom is 0.265 e. The van der Waals surface area contributed by atoms with Crippen molar-refractivity contribution < 1.29 is 22.7 Å². The SMILES string of the molecule is CCN(CC)S(=O)(=O)c1ccc2c(c1)N(CC(=O)NC(C)C)C(=O)CO2. The lowest BCUT2D eigenvalue weighted by Gasteiger charge is -2.30.